The molecule has 0 unspecified atom stereocenters. The zero-order valence-corrected chi connectivity index (χ0v) is 14.5. The summed E-state index contributed by atoms with van der Waals surface area (Å²) in [6.07, 6.45) is 4.51. The zero-order chi connectivity index (χ0) is 16.4. The van der Waals surface area contributed by atoms with Gasteiger partial charge < -0.3 is 14.5 Å². The molecule has 2 atom stereocenters. The van der Waals surface area contributed by atoms with Crippen LogP contribution >= 0.6 is 0 Å². The first-order valence-corrected chi connectivity index (χ1v) is 8.66. The molecule has 3 rings (SSSR count). The smallest absolute Gasteiger partial charge is 0.222 e. The van der Waals surface area contributed by atoms with Crippen LogP contribution in [0.15, 0.2) is 24.3 Å². The third-order valence-corrected chi connectivity index (χ3v) is 5.54. The Kier molecular flexibility index (Phi) is 4.90. The van der Waals surface area contributed by atoms with Crippen LogP contribution in [0, 0.1) is 5.92 Å². The minimum absolute atomic E-state index is 0.345. The summed E-state index contributed by atoms with van der Waals surface area (Å²) in [4.78, 5) is 16.9. The van der Waals surface area contributed by atoms with Crippen LogP contribution in [0.25, 0.3) is 0 Å². The minimum Gasteiger partial charge on any atom is -0.497 e. The second-order valence-corrected chi connectivity index (χ2v) is 7.21. The van der Waals surface area contributed by atoms with Crippen molar-refractivity contribution < 1.29 is 9.53 Å². The van der Waals surface area contributed by atoms with Gasteiger partial charge in [0, 0.05) is 31.5 Å². The number of hydrogen-bond donors (Lipinski definition) is 0. The molecule has 0 radical (unpaired) electrons. The van der Waals surface area contributed by atoms with Crippen molar-refractivity contribution in [1.29, 1.82) is 0 Å². The van der Waals surface area contributed by atoms with E-state index in [0.29, 0.717) is 23.8 Å². The summed E-state index contributed by atoms with van der Waals surface area (Å²) in [6.45, 7) is 1.68. The molecule has 1 amide bonds. The summed E-state index contributed by atoms with van der Waals surface area (Å²) in [5.41, 5.74) is 1.29. The van der Waals surface area contributed by atoms with Crippen molar-refractivity contribution in [3.63, 3.8) is 0 Å². The number of ether oxygens (including phenoxy) is 1. The first-order chi connectivity index (χ1) is 11.1. The Bertz CT molecular complexity index is 537. The predicted molar refractivity (Wildman–Crippen MR) is 91.7 cm³/mol. The lowest BCUT2D eigenvalue weighted by atomic mass is 9.83. The number of nitrogens with zero attached hydrogens (tertiary/aromatic N) is 2. The number of rotatable bonds is 5. The molecule has 1 aliphatic carbocycles. The molecule has 1 saturated heterocycles. The third-order valence-electron chi connectivity index (χ3n) is 5.54. The van der Waals surface area contributed by atoms with Gasteiger partial charge in [-0.25, -0.2) is 0 Å². The normalized spacial score (nSPS) is 24.8. The number of benzene rings is 1. The Morgan fingerprint density at radius 1 is 1.22 bits per heavy atom. The Morgan fingerprint density at radius 3 is 2.43 bits per heavy atom. The largest absolute Gasteiger partial charge is 0.497 e. The molecule has 0 spiro atoms. The molecule has 0 bridgehead atoms. The number of methoxy groups -OCH3 is 1. The lowest BCUT2D eigenvalue weighted by molar-refractivity contribution is -0.132. The van der Waals surface area contributed by atoms with Gasteiger partial charge in [-0.05, 0) is 50.6 Å². The maximum atomic E-state index is 12.6. The molecule has 0 N–H and O–H groups in total. The summed E-state index contributed by atoms with van der Waals surface area (Å²) < 4.78 is 5.25. The van der Waals surface area contributed by atoms with Crippen LogP contribution in [0.3, 0.4) is 0 Å². The van der Waals surface area contributed by atoms with Crippen molar-refractivity contribution in [3.8, 4) is 5.75 Å². The number of likely N-dealkylation sites (tertiary alicyclic amines) is 1. The highest BCUT2D eigenvalue weighted by molar-refractivity contribution is 5.77. The molecule has 126 valence electrons. The highest BCUT2D eigenvalue weighted by Crippen LogP contribution is 2.34. The summed E-state index contributed by atoms with van der Waals surface area (Å²) in [7, 11) is 5.91. The fraction of sp³-hybridized carbons (Fsp3) is 0.632. The van der Waals surface area contributed by atoms with E-state index in [1.807, 2.05) is 12.1 Å². The van der Waals surface area contributed by atoms with Gasteiger partial charge in [-0.15, -0.1) is 0 Å². The SMILES string of the molecule is COc1ccc([C@H]2CN(C(=O)CC3CCC3)C[C@@H]2N(C)C)cc1. The summed E-state index contributed by atoms with van der Waals surface area (Å²) in [5, 5.41) is 0. The highest BCUT2D eigenvalue weighted by atomic mass is 16.5. The highest BCUT2D eigenvalue weighted by Gasteiger charge is 2.38. The van der Waals surface area contributed by atoms with Crippen LogP contribution in [-0.2, 0) is 4.79 Å². The fourth-order valence-electron chi connectivity index (χ4n) is 3.77. The van der Waals surface area contributed by atoms with Gasteiger partial charge >= 0.3 is 0 Å². The number of carbonyl (C=O) groups excluding carboxylic acids is 1. The zero-order valence-electron chi connectivity index (χ0n) is 14.5. The Labute approximate surface area is 139 Å². The average Bonchev–Trinajstić information content (AvgIpc) is 2.96. The van der Waals surface area contributed by atoms with Crippen molar-refractivity contribution in [2.24, 2.45) is 5.92 Å². The topological polar surface area (TPSA) is 32.8 Å². The first-order valence-electron chi connectivity index (χ1n) is 8.66. The molecule has 1 heterocycles. The van der Waals surface area contributed by atoms with E-state index in [4.69, 9.17) is 4.74 Å². The molecule has 2 aliphatic rings. The van der Waals surface area contributed by atoms with E-state index in [2.05, 4.69) is 36.0 Å². The van der Waals surface area contributed by atoms with E-state index in [1.54, 1.807) is 7.11 Å². The Hall–Kier alpha value is -1.55. The number of amides is 1. The van der Waals surface area contributed by atoms with Gasteiger partial charge in [-0.2, -0.15) is 0 Å². The maximum Gasteiger partial charge on any atom is 0.222 e. The molecule has 1 aromatic carbocycles. The molecule has 2 fully saturated rings. The van der Waals surface area contributed by atoms with Crippen molar-refractivity contribution in [3.05, 3.63) is 29.8 Å². The number of carbonyl (C=O) groups is 1. The average molecular weight is 316 g/mol. The molecule has 1 aliphatic heterocycles. The van der Waals surface area contributed by atoms with Crippen LogP contribution in [-0.4, -0.2) is 56.0 Å². The number of hydrogen-bond acceptors (Lipinski definition) is 3. The summed E-state index contributed by atoms with van der Waals surface area (Å²) in [5.74, 6) is 2.24. The fourth-order valence-corrected chi connectivity index (χ4v) is 3.77. The van der Waals surface area contributed by atoms with Gasteiger partial charge in [0.05, 0.1) is 7.11 Å². The first kappa shape index (κ1) is 16.3. The second kappa shape index (κ2) is 6.91. The Morgan fingerprint density at radius 2 is 1.91 bits per heavy atom. The standard InChI is InChI=1S/C19H28N2O2/c1-20(2)18-13-21(19(22)11-14-5-4-6-14)12-17(18)15-7-9-16(23-3)10-8-15/h7-10,14,17-18H,4-6,11-13H2,1-3H3/t17-,18+/m1/s1. The molecule has 4 heteroatoms. The molecule has 1 aromatic rings. The van der Waals surface area contributed by atoms with Gasteiger partial charge in [0.25, 0.3) is 0 Å². The molecular weight excluding hydrogens is 288 g/mol. The van der Waals surface area contributed by atoms with Crippen molar-refractivity contribution in [1.82, 2.24) is 9.80 Å². The van der Waals surface area contributed by atoms with Crippen molar-refractivity contribution in [2.45, 2.75) is 37.6 Å². The van der Waals surface area contributed by atoms with Crippen LogP contribution in [0.5, 0.6) is 5.75 Å². The summed E-state index contributed by atoms with van der Waals surface area (Å²) >= 11 is 0. The van der Waals surface area contributed by atoms with Crippen LogP contribution < -0.4 is 4.74 Å². The monoisotopic (exact) mass is 316 g/mol. The third kappa shape index (κ3) is 3.52. The molecule has 4 nitrogen and oxygen atoms in total. The van der Waals surface area contributed by atoms with E-state index >= 15 is 0 Å². The maximum absolute atomic E-state index is 12.6. The summed E-state index contributed by atoms with van der Waals surface area (Å²) in [6, 6.07) is 8.69. The Balaban J connectivity index is 1.71. The van der Waals surface area contributed by atoms with Crippen LogP contribution in [0.1, 0.15) is 37.2 Å². The van der Waals surface area contributed by atoms with Gasteiger partial charge in [-0.3, -0.25) is 4.79 Å². The lowest BCUT2D eigenvalue weighted by Crippen LogP contribution is -2.36. The van der Waals surface area contributed by atoms with Gasteiger partial charge in [0.15, 0.2) is 0 Å². The van der Waals surface area contributed by atoms with E-state index in [0.717, 1.165) is 25.3 Å². The molecule has 23 heavy (non-hydrogen) atoms. The van der Waals surface area contributed by atoms with Crippen molar-refractivity contribution in [2.75, 3.05) is 34.3 Å². The molecular formula is C19H28N2O2. The van der Waals surface area contributed by atoms with Gasteiger partial charge in [0.1, 0.15) is 5.75 Å². The van der Waals surface area contributed by atoms with Gasteiger partial charge in [0.2, 0.25) is 5.91 Å². The van der Waals surface area contributed by atoms with E-state index in [-0.39, 0.29) is 0 Å². The van der Waals surface area contributed by atoms with Gasteiger partial charge in [-0.1, -0.05) is 18.6 Å². The predicted octanol–water partition coefficient (Wildman–Crippen LogP) is 2.74. The van der Waals surface area contributed by atoms with E-state index in [1.165, 1.54) is 24.8 Å². The lowest BCUT2D eigenvalue weighted by Gasteiger charge is -2.27. The quantitative estimate of drug-likeness (QED) is 0.837. The van der Waals surface area contributed by atoms with E-state index in [9.17, 15) is 4.79 Å². The van der Waals surface area contributed by atoms with Crippen molar-refractivity contribution >= 4 is 5.91 Å². The molecule has 1 saturated carbocycles. The second-order valence-electron chi connectivity index (χ2n) is 7.21. The van der Waals surface area contributed by atoms with Crippen LogP contribution in [0.2, 0.25) is 0 Å². The molecule has 0 aromatic heterocycles. The number of likely N-dealkylation sites (N-methyl/N-ethyl adjacent to an activating group) is 1. The van der Waals surface area contributed by atoms with Crippen LogP contribution in [0.4, 0.5) is 0 Å². The van der Waals surface area contributed by atoms with E-state index < -0.39 is 0 Å². The minimum atomic E-state index is 0.345.